The Balaban J connectivity index is 1.56. The first kappa shape index (κ1) is 19.5. The summed E-state index contributed by atoms with van der Waals surface area (Å²) in [5, 5.41) is 15.2. The van der Waals surface area contributed by atoms with Gasteiger partial charge in [0.1, 0.15) is 0 Å². The van der Waals surface area contributed by atoms with Crippen LogP contribution in [0.2, 0.25) is 0 Å². The van der Waals surface area contributed by atoms with Gasteiger partial charge in [0, 0.05) is 23.1 Å². The maximum Gasteiger partial charge on any atom is 0.270 e. The van der Waals surface area contributed by atoms with Crippen molar-refractivity contribution >= 4 is 17.3 Å². The highest BCUT2D eigenvalue weighted by molar-refractivity contribution is 6.00. The molecule has 6 heteroatoms. The highest BCUT2D eigenvalue weighted by atomic mass is 16.6. The van der Waals surface area contributed by atoms with Crippen LogP contribution >= 0.6 is 0 Å². The van der Waals surface area contributed by atoms with Crippen LogP contribution in [0, 0.1) is 16.0 Å². The normalized spacial score (nSPS) is 17.2. The largest absolute Gasteiger partial charge is 0.273 e. The number of hydrogen-bond donors (Lipinski definition) is 1. The molecule has 0 saturated heterocycles. The molecule has 4 rings (SSSR count). The van der Waals surface area contributed by atoms with Crippen molar-refractivity contribution in [3.63, 3.8) is 0 Å². The van der Waals surface area contributed by atoms with E-state index in [4.69, 9.17) is 0 Å². The maximum atomic E-state index is 13.0. The third-order valence-electron chi connectivity index (χ3n) is 5.66. The lowest BCUT2D eigenvalue weighted by atomic mass is 9.85. The fourth-order valence-corrected chi connectivity index (χ4v) is 3.98. The lowest BCUT2D eigenvalue weighted by Gasteiger charge is -2.18. The average molecular weight is 399 g/mol. The molecule has 3 aromatic carbocycles. The summed E-state index contributed by atoms with van der Waals surface area (Å²) >= 11 is 0. The van der Waals surface area contributed by atoms with E-state index in [1.807, 2.05) is 36.4 Å². The van der Waals surface area contributed by atoms with E-state index in [2.05, 4.69) is 34.8 Å². The molecule has 1 aliphatic carbocycles. The van der Waals surface area contributed by atoms with Gasteiger partial charge in [-0.15, -0.1) is 0 Å². The molecular weight excluding hydrogens is 378 g/mol. The third kappa shape index (κ3) is 3.59. The Bertz CT molecular complexity index is 1070. The standard InChI is InChI=1S/C24H21N3O3/c1-17(18-9-8-14-21(15-18)27(29)30)25-26-23(28)22-16-24(22,19-10-4-2-5-11-19)20-12-6-3-7-13-20/h2-15,22H,16H2,1H3,(H,26,28)/b25-17-/t22-/m1/s1. The van der Waals surface area contributed by atoms with Crippen molar-refractivity contribution in [1.82, 2.24) is 5.43 Å². The SMILES string of the molecule is C/C(=N/NC(=O)[C@H]1CC1(c1ccccc1)c1ccccc1)c1cccc([N+](=O)[O-])c1. The molecule has 1 atom stereocenters. The second-order valence-corrected chi connectivity index (χ2v) is 7.44. The minimum absolute atomic E-state index is 0.0114. The van der Waals surface area contributed by atoms with Gasteiger partial charge < -0.3 is 0 Å². The van der Waals surface area contributed by atoms with E-state index in [0.29, 0.717) is 17.7 Å². The maximum absolute atomic E-state index is 13.0. The average Bonchev–Trinajstić information content (AvgIpc) is 3.56. The third-order valence-corrected chi connectivity index (χ3v) is 5.66. The van der Waals surface area contributed by atoms with E-state index >= 15 is 0 Å². The van der Waals surface area contributed by atoms with Crippen LogP contribution in [-0.2, 0) is 10.2 Å². The van der Waals surface area contributed by atoms with Crippen LogP contribution in [0.15, 0.2) is 90.0 Å². The van der Waals surface area contributed by atoms with Crippen LogP contribution < -0.4 is 5.43 Å². The van der Waals surface area contributed by atoms with Crippen molar-refractivity contribution in [3.05, 3.63) is 112 Å². The van der Waals surface area contributed by atoms with E-state index in [9.17, 15) is 14.9 Å². The molecule has 3 aromatic rings. The second kappa shape index (κ2) is 7.91. The van der Waals surface area contributed by atoms with Crippen molar-refractivity contribution in [2.45, 2.75) is 18.8 Å². The van der Waals surface area contributed by atoms with Gasteiger partial charge in [-0.1, -0.05) is 72.8 Å². The fourth-order valence-electron chi connectivity index (χ4n) is 3.98. The lowest BCUT2D eigenvalue weighted by Crippen LogP contribution is -2.26. The fraction of sp³-hybridized carbons (Fsp3) is 0.167. The minimum atomic E-state index is -0.451. The second-order valence-electron chi connectivity index (χ2n) is 7.44. The van der Waals surface area contributed by atoms with Crippen LogP contribution in [0.3, 0.4) is 0 Å². The molecule has 1 fully saturated rings. The number of non-ortho nitro benzene ring substituents is 1. The summed E-state index contributed by atoms with van der Waals surface area (Å²) in [6.07, 6.45) is 0.707. The number of nitro benzene ring substituents is 1. The van der Waals surface area contributed by atoms with E-state index in [-0.39, 0.29) is 22.9 Å². The van der Waals surface area contributed by atoms with E-state index in [0.717, 1.165) is 11.1 Å². The molecule has 0 unspecified atom stereocenters. The molecular formula is C24H21N3O3. The quantitative estimate of drug-likeness (QED) is 0.378. The first-order chi connectivity index (χ1) is 14.5. The predicted molar refractivity (Wildman–Crippen MR) is 115 cm³/mol. The van der Waals surface area contributed by atoms with Crippen molar-refractivity contribution in [3.8, 4) is 0 Å². The zero-order valence-electron chi connectivity index (χ0n) is 16.5. The van der Waals surface area contributed by atoms with Gasteiger partial charge in [0.25, 0.3) is 5.69 Å². The van der Waals surface area contributed by atoms with Crippen molar-refractivity contribution < 1.29 is 9.72 Å². The van der Waals surface area contributed by atoms with Gasteiger partial charge in [-0.25, -0.2) is 5.43 Å². The zero-order valence-corrected chi connectivity index (χ0v) is 16.5. The first-order valence-corrected chi connectivity index (χ1v) is 9.72. The Labute approximate surface area is 174 Å². The molecule has 1 saturated carbocycles. The monoisotopic (exact) mass is 399 g/mol. The highest BCUT2D eigenvalue weighted by Gasteiger charge is 2.60. The molecule has 150 valence electrons. The number of rotatable bonds is 6. The molecule has 0 radical (unpaired) electrons. The number of nitrogens with zero attached hydrogens (tertiary/aromatic N) is 2. The molecule has 0 bridgehead atoms. The number of nitro groups is 1. The van der Waals surface area contributed by atoms with Crippen LogP contribution in [0.4, 0.5) is 5.69 Å². The predicted octanol–water partition coefficient (Wildman–Crippen LogP) is 4.44. The summed E-state index contributed by atoms with van der Waals surface area (Å²) in [4.78, 5) is 23.5. The van der Waals surface area contributed by atoms with E-state index in [1.54, 1.807) is 19.1 Å². The summed E-state index contributed by atoms with van der Waals surface area (Å²) < 4.78 is 0. The summed E-state index contributed by atoms with van der Waals surface area (Å²) in [5.41, 5.74) is 5.62. The van der Waals surface area contributed by atoms with Crippen LogP contribution in [0.25, 0.3) is 0 Å². The molecule has 1 amide bonds. The summed E-state index contributed by atoms with van der Waals surface area (Å²) in [5.74, 6) is -0.392. The Morgan fingerprint density at radius 3 is 2.17 bits per heavy atom. The van der Waals surface area contributed by atoms with Gasteiger partial charge in [-0.3, -0.25) is 14.9 Å². The molecule has 1 N–H and O–H groups in total. The molecule has 6 nitrogen and oxygen atoms in total. The number of hydrazone groups is 1. The van der Waals surface area contributed by atoms with Gasteiger partial charge in [0.05, 0.1) is 16.6 Å². The van der Waals surface area contributed by atoms with Crippen molar-refractivity contribution in [2.75, 3.05) is 0 Å². The van der Waals surface area contributed by atoms with Gasteiger partial charge in [-0.05, 0) is 24.5 Å². The Morgan fingerprint density at radius 2 is 1.60 bits per heavy atom. The first-order valence-electron chi connectivity index (χ1n) is 9.72. The number of benzene rings is 3. The number of amides is 1. The number of nitrogens with one attached hydrogen (secondary N) is 1. The number of carbonyl (C=O) groups is 1. The lowest BCUT2D eigenvalue weighted by molar-refractivity contribution is -0.384. The van der Waals surface area contributed by atoms with Crippen LogP contribution in [0.1, 0.15) is 30.0 Å². The number of hydrogen-bond acceptors (Lipinski definition) is 4. The summed E-state index contributed by atoms with van der Waals surface area (Å²) in [6, 6.07) is 26.3. The molecule has 0 spiro atoms. The van der Waals surface area contributed by atoms with E-state index in [1.165, 1.54) is 12.1 Å². The molecule has 0 aliphatic heterocycles. The summed E-state index contributed by atoms with van der Waals surface area (Å²) in [7, 11) is 0. The van der Waals surface area contributed by atoms with Gasteiger partial charge >= 0.3 is 0 Å². The smallest absolute Gasteiger partial charge is 0.270 e. The Kier molecular flexibility index (Phi) is 5.14. The van der Waals surface area contributed by atoms with Crippen LogP contribution in [0.5, 0.6) is 0 Å². The Morgan fingerprint density at radius 1 is 1.00 bits per heavy atom. The number of carbonyl (C=O) groups excluding carboxylic acids is 1. The molecule has 0 heterocycles. The van der Waals surface area contributed by atoms with Gasteiger partial charge in [0.2, 0.25) is 5.91 Å². The topological polar surface area (TPSA) is 84.6 Å². The molecule has 1 aliphatic rings. The zero-order chi connectivity index (χ0) is 21.1. The molecule has 30 heavy (non-hydrogen) atoms. The highest BCUT2D eigenvalue weighted by Crippen LogP contribution is 2.58. The minimum Gasteiger partial charge on any atom is -0.273 e. The van der Waals surface area contributed by atoms with Gasteiger partial charge in [-0.2, -0.15) is 5.10 Å². The van der Waals surface area contributed by atoms with E-state index < -0.39 is 4.92 Å². The summed E-state index contributed by atoms with van der Waals surface area (Å²) in [6.45, 7) is 1.72. The van der Waals surface area contributed by atoms with Gasteiger partial charge in [0.15, 0.2) is 0 Å². The molecule has 0 aromatic heterocycles. The Hall–Kier alpha value is -3.80. The van der Waals surface area contributed by atoms with Crippen molar-refractivity contribution in [1.29, 1.82) is 0 Å². The van der Waals surface area contributed by atoms with Crippen LogP contribution in [-0.4, -0.2) is 16.5 Å². The van der Waals surface area contributed by atoms with Crippen molar-refractivity contribution in [2.24, 2.45) is 11.0 Å².